The van der Waals surface area contributed by atoms with Crippen LogP contribution in [0.25, 0.3) is 0 Å². The van der Waals surface area contributed by atoms with Gasteiger partial charge < -0.3 is 15.4 Å². The molecule has 1 aromatic carbocycles. The number of hydrogen-bond acceptors (Lipinski definition) is 4. The largest absolute Gasteiger partial charge is 0.492 e. The molecule has 0 aromatic heterocycles. The quantitative estimate of drug-likeness (QED) is 0.805. The first-order valence-corrected chi connectivity index (χ1v) is 8.11. The molecule has 1 aliphatic rings. The molecule has 0 radical (unpaired) electrons. The van der Waals surface area contributed by atoms with Crippen LogP contribution in [0, 0.1) is 0 Å². The Balaban J connectivity index is 1.83. The number of carbonyl (C=O) groups is 1. The van der Waals surface area contributed by atoms with Crippen molar-refractivity contribution >= 4 is 21.8 Å². The van der Waals surface area contributed by atoms with E-state index in [2.05, 4.69) is 31.5 Å². The second-order valence-corrected chi connectivity index (χ2v) is 5.87. The highest BCUT2D eigenvalue weighted by atomic mass is 79.9. The molecule has 1 heterocycles. The summed E-state index contributed by atoms with van der Waals surface area (Å²) in [5.74, 6) is 0.932. The smallest absolute Gasteiger partial charge is 0.238 e. The van der Waals surface area contributed by atoms with Gasteiger partial charge in [-0.2, -0.15) is 0 Å². The predicted octanol–water partition coefficient (Wildman–Crippen LogP) is 1.24. The van der Waals surface area contributed by atoms with E-state index in [1.165, 1.54) is 0 Å². The number of halogens is 1. The lowest BCUT2D eigenvalue weighted by Gasteiger charge is -2.34. The Morgan fingerprint density at radius 1 is 1.57 bits per heavy atom. The number of carbonyl (C=O) groups excluding carboxylic acids is 1. The lowest BCUT2D eigenvalue weighted by atomic mass is 10.2. The fourth-order valence-electron chi connectivity index (χ4n) is 2.40. The SMILES string of the molecule is CCNC(=O)C1CNCCN1CCOc1cccc(Br)c1. The second kappa shape index (κ2) is 8.36. The molecule has 0 bridgehead atoms. The van der Waals surface area contributed by atoms with Gasteiger partial charge in [0.1, 0.15) is 18.4 Å². The first kappa shape index (κ1) is 16.3. The van der Waals surface area contributed by atoms with Gasteiger partial charge in [-0.1, -0.05) is 22.0 Å². The monoisotopic (exact) mass is 355 g/mol. The van der Waals surface area contributed by atoms with Gasteiger partial charge in [0.05, 0.1) is 0 Å². The summed E-state index contributed by atoms with van der Waals surface area (Å²) in [6.45, 7) is 6.40. The number of amides is 1. The molecule has 1 atom stereocenters. The van der Waals surface area contributed by atoms with E-state index in [4.69, 9.17) is 4.74 Å². The Bertz CT molecular complexity index is 470. The third kappa shape index (κ3) is 4.98. The molecule has 0 aliphatic carbocycles. The molecule has 1 aliphatic heterocycles. The topological polar surface area (TPSA) is 53.6 Å². The fraction of sp³-hybridized carbons (Fsp3) is 0.533. The van der Waals surface area contributed by atoms with Crippen molar-refractivity contribution in [3.63, 3.8) is 0 Å². The molecule has 1 unspecified atom stereocenters. The second-order valence-electron chi connectivity index (χ2n) is 4.96. The van der Waals surface area contributed by atoms with E-state index in [1.807, 2.05) is 31.2 Å². The molecule has 0 spiro atoms. The van der Waals surface area contributed by atoms with Gasteiger partial charge in [-0.3, -0.25) is 9.69 Å². The van der Waals surface area contributed by atoms with Crippen LogP contribution in [0.15, 0.2) is 28.7 Å². The van der Waals surface area contributed by atoms with Crippen molar-refractivity contribution in [3.05, 3.63) is 28.7 Å². The summed E-state index contributed by atoms with van der Waals surface area (Å²) in [5.41, 5.74) is 0. The van der Waals surface area contributed by atoms with Gasteiger partial charge in [0, 0.05) is 37.2 Å². The molecule has 0 saturated carbocycles. The van der Waals surface area contributed by atoms with E-state index in [-0.39, 0.29) is 11.9 Å². The minimum absolute atomic E-state index is 0.0900. The first-order valence-electron chi connectivity index (χ1n) is 7.31. The average molecular weight is 356 g/mol. The minimum Gasteiger partial charge on any atom is -0.492 e. The first-order chi connectivity index (χ1) is 10.2. The Kier molecular flexibility index (Phi) is 6.48. The maximum atomic E-state index is 12.0. The molecule has 2 rings (SSSR count). The highest BCUT2D eigenvalue weighted by Gasteiger charge is 2.27. The Morgan fingerprint density at radius 2 is 2.43 bits per heavy atom. The Morgan fingerprint density at radius 3 is 3.19 bits per heavy atom. The number of hydrogen-bond donors (Lipinski definition) is 2. The number of nitrogens with zero attached hydrogens (tertiary/aromatic N) is 1. The predicted molar refractivity (Wildman–Crippen MR) is 86.6 cm³/mol. The van der Waals surface area contributed by atoms with Gasteiger partial charge >= 0.3 is 0 Å². The summed E-state index contributed by atoms with van der Waals surface area (Å²) < 4.78 is 6.76. The van der Waals surface area contributed by atoms with Crippen LogP contribution in [0.2, 0.25) is 0 Å². The lowest BCUT2D eigenvalue weighted by Crippen LogP contribution is -2.58. The van der Waals surface area contributed by atoms with Crippen LogP contribution in [0.3, 0.4) is 0 Å². The Labute approximate surface area is 134 Å². The number of ether oxygens (including phenoxy) is 1. The number of nitrogens with one attached hydrogen (secondary N) is 2. The van der Waals surface area contributed by atoms with Crippen LogP contribution >= 0.6 is 15.9 Å². The number of benzene rings is 1. The van der Waals surface area contributed by atoms with Crippen LogP contribution in [-0.2, 0) is 4.79 Å². The molecule has 116 valence electrons. The zero-order chi connectivity index (χ0) is 15.1. The van der Waals surface area contributed by atoms with Gasteiger partial charge in [-0.25, -0.2) is 0 Å². The molecule has 1 aromatic rings. The Hall–Kier alpha value is -1.11. The van der Waals surface area contributed by atoms with Crippen LogP contribution in [-0.4, -0.2) is 56.2 Å². The van der Waals surface area contributed by atoms with Gasteiger partial charge in [0.2, 0.25) is 5.91 Å². The van der Waals surface area contributed by atoms with Crippen molar-refractivity contribution in [3.8, 4) is 5.75 Å². The standard InChI is InChI=1S/C15H22BrN3O2/c1-2-18-15(20)14-11-17-6-7-19(14)8-9-21-13-5-3-4-12(16)10-13/h3-5,10,14,17H,2,6-9,11H2,1H3,(H,18,20). The molecule has 2 N–H and O–H groups in total. The van der Waals surface area contributed by atoms with E-state index in [0.29, 0.717) is 19.7 Å². The average Bonchev–Trinajstić information content (AvgIpc) is 2.48. The highest BCUT2D eigenvalue weighted by molar-refractivity contribution is 9.10. The summed E-state index contributed by atoms with van der Waals surface area (Å²) in [6, 6.07) is 7.68. The molecular weight excluding hydrogens is 334 g/mol. The van der Waals surface area contributed by atoms with Crippen molar-refractivity contribution in [1.82, 2.24) is 15.5 Å². The van der Waals surface area contributed by atoms with E-state index in [9.17, 15) is 4.79 Å². The third-order valence-electron chi connectivity index (χ3n) is 3.45. The van der Waals surface area contributed by atoms with E-state index in [1.54, 1.807) is 0 Å². The van der Waals surface area contributed by atoms with Crippen molar-refractivity contribution in [2.24, 2.45) is 0 Å². The van der Waals surface area contributed by atoms with Crippen LogP contribution in [0.4, 0.5) is 0 Å². The number of piperazine rings is 1. The van der Waals surface area contributed by atoms with Crippen LogP contribution < -0.4 is 15.4 Å². The summed E-state index contributed by atoms with van der Waals surface area (Å²) in [4.78, 5) is 14.2. The zero-order valence-electron chi connectivity index (χ0n) is 12.3. The van der Waals surface area contributed by atoms with Crippen molar-refractivity contribution in [2.75, 3.05) is 39.3 Å². The normalized spacial score (nSPS) is 19.2. The van der Waals surface area contributed by atoms with E-state index < -0.39 is 0 Å². The van der Waals surface area contributed by atoms with E-state index >= 15 is 0 Å². The van der Waals surface area contributed by atoms with Gasteiger partial charge in [-0.05, 0) is 25.1 Å². The number of rotatable bonds is 6. The van der Waals surface area contributed by atoms with Crippen molar-refractivity contribution < 1.29 is 9.53 Å². The van der Waals surface area contributed by atoms with Crippen LogP contribution in [0.1, 0.15) is 6.92 Å². The van der Waals surface area contributed by atoms with Crippen molar-refractivity contribution in [1.29, 1.82) is 0 Å². The lowest BCUT2D eigenvalue weighted by molar-refractivity contribution is -0.127. The van der Waals surface area contributed by atoms with Gasteiger partial charge in [-0.15, -0.1) is 0 Å². The highest BCUT2D eigenvalue weighted by Crippen LogP contribution is 2.17. The maximum Gasteiger partial charge on any atom is 0.238 e. The van der Waals surface area contributed by atoms with Crippen LogP contribution in [0.5, 0.6) is 5.75 Å². The molecule has 21 heavy (non-hydrogen) atoms. The molecule has 5 nitrogen and oxygen atoms in total. The molecule has 1 fully saturated rings. The molecular formula is C15H22BrN3O2. The third-order valence-corrected chi connectivity index (χ3v) is 3.94. The summed E-state index contributed by atoms with van der Waals surface area (Å²) in [6.07, 6.45) is 0. The minimum atomic E-state index is -0.107. The summed E-state index contributed by atoms with van der Waals surface area (Å²) in [5, 5.41) is 6.16. The molecule has 6 heteroatoms. The maximum absolute atomic E-state index is 12.0. The number of likely N-dealkylation sites (N-methyl/N-ethyl adjacent to an activating group) is 1. The fourth-order valence-corrected chi connectivity index (χ4v) is 2.78. The van der Waals surface area contributed by atoms with Gasteiger partial charge in [0.15, 0.2) is 0 Å². The molecule has 1 saturated heterocycles. The van der Waals surface area contributed by atoms with Gasteiger partial charge in [0.25, 0.3) is 0 Å². The van der Waals surface area contributed by atoms with E-state index in [0.717, 1.165) is 29.9 Å². The molecule has 1 amide bonds. The summed E-state index contributed by atoms with van der Waals surface area (Å²) in [7, 11) is 0. The summed E-state index contributed by atoms with van der Waals surface area (Å²) >= 11 is 3.42. The zero-order valence-corrected chi connectivity index (χ0v) is 13.9. The van der Waals surface area contributed by atoms with Crippen molar-refractivity contribution in [2.45, 2.75) is 13.0 Å².